The number of aryl methyl sites for hydroxylation is 1. The Morgan fingerprint density at radius 1 is 1.50 bits per heavy atom. The van der Waals surface area contributed by atoms with Crippen molar-refractivity contribution in [2.45, 2.75) is 45.1 Å². The molecule has 0 spiro atoms. The lowest BCUT2D eigenvalue weighted by molar-refractivity contribution is 0.444. The molecule has 0 aromatic carbocycles. The van der Waals surface area contributed by atoms with Gasteiger partial charge in [0.1, 0.15) is 5.82 Å². The number of nitrogens with zero attached hydrogens (tertiary/aromatic N) is 2. The number of rotatable bonds is 5. The van der Waals surface area contributed by atoms with E-state index >= 15 is 0 Å². The Morgan fingerprint density at radius 3 is 2.88 bits per heavy atom. The Kier molecular flexibility index (Phi) is 3.99. The molecular formula is C13H23N3. The van der Waals surface area contributed by atoms with E-state index in [4.69, 9.17) is 0 Å². The predicted molar refractivity (Wildman–Crippen MR) is 66.2 cm³/mol. The molecule has 1 aliphatic carbocycles. The number of hydrogen-bond donors (Lipinski definition) is 1. The minimum absolute atomic E-state index is 0.362. The molecule has 1 unspecified atom stereocenters. The standard InChI is InChI=1S/C13H23N3/c1-11(13-15-9-10-16(13)2)14-8-7-12-5-3-4-6-12/h9-12,14H,3-8H2,1-2H3. The van der Waals surface area contributed by atoms with Gasteiger partial charge < -0.3 is 9.88 Å². The second-order valence-electron chi connectivity index (χ2n) is 5.01. The van der Waals surface area contributed by atoms with Gasteiger partial charge in [-0.3, -0.25) is 0 Å². The zero-order valence-corrected chi connectivity index (χ0v) is 10.4. The highest BCUT2D eigenvalue weighted by atomic mass is 15.1. The lowest BCUT2D eigenvalue weighted by Crippen LogP contribution is -2.23. The van der Waals surface area contributed by atoms with E-state index in [1.807, 2.05) is 12.4 Å². The van der Waals surface area contributed by atoms with Crippen LogP contribution in [0, 0.1) is 5.92 Å². The molecule has 1 saturated carbocycles. The minimum atomic E-state index is 0.362. The Bertz CT molecular complexity index is 313. The summed E-state index contributed by atoms with van der Waals surface area (Å²) in [5.41, 5.74) is 0. The molecule has 0 radical (unpaired) electrons. The van der Waals surface area contributed by atoms with Crippen LogP contribution in [-0.4, -0.2) is 16.1 Å². The molecule has 1 atom stereocenters. The van der Waals surface area contributed by atoms with E-state index in [1.54, 1.807) is 0 Å². The monoisotopic (exact) mass is 221 g/mol. The summed E-state index contributed by atoms with van der Waals surface area (Å²) in [6.45, 7) is 3.32. The molecule has 3 heteroatoms. The van der Waals surface area contributed by atoms with Gasteiger partial charge in [-0.15, -0.1) is 0 Å². The molecule has 1 heterocycles. The third-order valence-electron chi connectivity index (χ3n) is 3.72. The molecule has 16 heavy (non-hydrogen) atoms. The van der Waals surface area contributed by atoms with E-state index in [9.17, 15) is 0 Å². The number of hydrogen-bond acceptors (Lipinski definition) is 2. The van der Waals surface area contributed by atoms with Crippen molar-refractivity contribution in [1.82, 2.24) is 14.9 Å². The van der Waals surface area contributed by atoms with Crippen LogP contribution in [0.1, 0.15) is 50.9 Å². The quantitative estimate of drug-likeness (QED) is 0.828. The summed E-state index contributed by atoms with van der Waals surface area (Å²) in [5, 5.41) is 3.57. The molecule has 2 rings (SSSR count). The summed E-state index contributed by atoms with van der Waals surface area (Å²) in [7, 11) is 2.05. The highest BCUT2D eigenvalue weighted by Crippen LogP contribution is 2.27. The van der Waals surface area contributed by atoms with Gasteiger partial charge in [0.15, 0.2) is 0 Å². The fourth-order valence-electron chi connectivity index (χ4n) is 2.69. The van der Waals surface area contributed by atoms with E-state index in [0.29, 0.717) is 6.04 Å². The van der Waals surface area contributed by atoms with E-state index in [-0.39, 0.29) is 0 Å². The van der Waals surface area contributed by atoms with Crippen molar-refractivity contribution >= 4 is 0 Å². The molecule has 0 bridgehead atoms. The smallest absolute Gasteiger partial charge is 0.125 e. The van der Waals surface area contributed by atoms with Crippen molar-refractivity contribution in [2.24, 2.45) is 13.0 Å². The van der Waals surface area contributed by atoms with E-state index < -0.39 is 0 Å². The first-order valence-corrected chi connectivity index (χ1v) is 6.48. The van der Waals surface area contributed by atoms with Gasteiger partial charge in [0.05, 0.1) is 6.04 Å². The summed E-state index contributed by atoms with van der Waals surface area (Å²) in [6, 6.07) is 0.362. The van der Waals surface area contributed by atoms with Crippen molar-refractivity contribution < 1.29 is 0 Å². The van der Waals surface area contributed by atoms with Gasteiger partial charge in [-0.25, -0.2) is 4.98 Å². The molecule has 90 valence electrons. The minimum Gasteiger partial charge on any atom is -0.337 e. The third-order valence-corrected chi connectivity index (χ3v) is 3.72. The molecule has 0 aliphatic heterocycles. The number of aromatic nitrogens is 2. The summed E-state index contributed by atoms with van der Waals surface area (Å²) in [5.74, 6) is 2.10. The first-order chi connectivity index (χ1) is 7.77. The fraction of sp³-hybridized carbons (Fsp3) is 0.769. The van der Waals surface area contributed by atoms with Gasteiger partial charge in [0.2, 0.25) is 0 Å². The van der Waals surface area contributed by atoms with Crippen LogP contribution in [0.4, 0.5) is 0 Å². The Labute approximate surface area is 98.3 Å². The lowest BCUT2D eigenvalue weighted by atomic mass is 10.0. The van der Waals surface area contributed by atoms with Crippen LogP contribution >= 0.6 is 0 Å². The van der Waals surface area contributed by atoms with Gasteiger partial charge in [-0.05, 0) is 25.8 Å². The molecule has 1 aliphatic rings. The van der Waals surface area contributed by atoms with Crippen molar-refractivity contribution in [3.63, 3.8) is 0 Å². The molecular weight excluding hydrogens is 198 g/mol. The normalized spacial score (nSPS) is 19.1. The van der Waals surface area contributed by atoms with E-state index in [2.05, 4.69) is 28.8 Å². The second kappa shape index (κ2) is 5.48. The summed E-state index contributed by atoms with van der Waals surface area (Å²) >= 11 is 0. The zero-order valence-electron chi connectivity index (χ0n) is 10.4. The lowest BCUT2D eigenvalue weighted by Gasteiger charge is -2.15. The Balaban J connectivity index is 1.71. The maximum atomic E-state index is 4.37. The Morgan fingerprint density at radius 2 is 2.25 bits per heavy atom. The van der Waals surface area contributed by atoms with E-state index in [1.165, 1.54) is 32.1 Å². The van der Waals surface area contributed by atoms with Gasteiger partial charge in [-0.1, -0.05) is 25.7 Å². The maximum Gasteiger partial charge on any atom is 0.125 e. The first-order valence-electron chi connectivity index (χ1n) is 6.48. The fourth-order valence-corrected chi connectivity index (χ4v) is 2.69. The SMILES string of the molecule is CC(NCCC1CCCC1)c1nccn1C. The molecule has 1 aromatic heterocycles. The largest absolute Gasteiger partial charge is 0.337 e. The summed E-state index contributed by atoms with van der Waals surface area (Å²) in [6.07, 6.45) is 11.0. The Hall–Kier alpha value is -0.830. The zero-order chi connectivity index (χ0) is 11.4. The number of nitrogens with one attached hydrogen (secondary N) is 1. The van der Waals surface area contributed by atoms with Gasteiger partial charge in [0, 0.05) is 19.4 Å². The average Bonchev–Trinajstić information content (AvgIpc) is 2.88. The molecule has 3 nitrogen and oxygen atoms in total. The van der Waals surface area contributed by atoms with Crippen molar-refractivity contribution in [1.29, 1.82) is 0 Å². The van der Waals surface area contributed by atoms with Gasteiger partial charge >= 0.3 is 0 Å². The topological polar surface area (TPSA) is 29.9 Å². The summed E-state index contributed by atoms with van der Waals surface area (Å²) < 4.78 is 2.09. The van der Waals surface area contributed by atoms with Crippen LogP contribution in [-0.2, 0) is 7.05 Å². The highest BCUT2D eigenvalue weighted by Gasteiger charge is 2.15. The van der Waals surface area contributed by atoms with Crippen molar-refractivity contribution in [3.8, 4) is 0 Å². The van der Waals surface area contributed by atoms with Crippen LogP contribution in [0.3, 0.4) is 0 Å². The molecule has 0 saturated heterocycles. The number of imidazole rings is 1. The highest BCUT2D eigenvalue weighted by molar-refractivity contribution is 4.96. The van der Waals surface area contributed by atoms with Crippen LogP contribution in [0.25, 0.3) is 0 Å². The third kappa shape index (κ3) is 2.85. The van der Waals surface area contributed by atoms with Crippen LogP contribution in [0.5, 0.6) is 0 Å². The molecule has 1 fully saturated rings. The predicted octanol–water partition coefficient (Wildman–Crippen LogP) is 2.65. The average molecular weight is 221 g/mol. The maximum absolute atomic E-state index is 4.37. The summed E-state index contributed by atoms with van der Waals surface area (Å²) in [4.78, 5) is 4.37. The van der Waals surface area contributed by atoms with Crippen molar-refractivity contribution in [3.05, 3.63) is 18.2 Å². The van der Waals surface area contributed by atoms with Gasteiger partial charge in [-0.2, -0.15) is 0 Å². The second-order valence-corrected chi connectivity index (χ2v) is 5.01. The van der Waals surface area contributed by atoms with Crippen LogP contribution in [0.2, 0.25) is 0 Å². The molecule has 1 aromatic rings. The van der Waals surface area contributed by atoms with Gasteiger partial charge in [0.25, 0.3) is 0 Å². The van der Waals surface area contributed by atoms with Crippen LogP contribution in [0.15, 0.2) is 12.4 Å². The van der Waals surface area contributed by atoms with E-state index in [0.717, 1.165) is 18.3 Å². The molecule has 1 N–H and O–H groups in total. The first kappa shape index (κ1) is 11.6. The van der Waals surface area contributed by atoms with Crippen molar-refractivity contribution in [2.75, 3.05) is 6.54 Å². The van der Waals surface area contributed by atoms with Crippen LogP contribution < -0.4 is 5.32 Å². The molecule has 0 amide bonds.